The maximum atomic E-state index is 13.8. The van der Waals surface area contributed by atoms with Gasteiger partial charge >= 0.3 is 6.18 Å². The van der Waals surface area contributed by atoms with Crippen LogP contribution in [0.25, 0.3) is 10.9 Å². The van der Waals surface area contributed by atoms with E-state index in [2.05, 4.69) is 0 Å². The molecule has 4 nitrogen and oxygen atoms in total. The molecule has 1 unspecified atom stereocenters. The van der Waals surface area contributed by atoms with Gasteiger partial charge in [0.15, 0.2) is 11.0 Å². The van der Waals surface area contributed by atoms with Crippen molar-refractivity contribution >= 4 is 16.6 Å². The molecule has 1 N–H and O–H groups in total. The quantitative estimate of drug-likeness (QED) is 0.742. The summed E-state index contributed by atoms with van der Waals surface area (Å²) in [5.41, 5.74) is -2.38. The number of benzene rings is 2. The second-order valence-corrected chi connectivity index (χ2v) is 6.55. The van der Waals surface area contributed by atoms with E-state index >= 15 is 0 Å². The molecule has 0 saturated carbocycles. The van der Waals surface area contributed by atoms with Crippen LogP contribution in [0.15, 0.2) is 71.7 Å². The third kappa shape index (κ3) is 3.83. The van der Waals surface area contributed by atoms with Gasteiger partial charge in [0.05, 0.1) is 18.6 Å². The van der Waals surface area contributed by atoms with Gasteiger partial charge in [-0.05, 0) is 24.3 Å². The summed E-state index contributed by atoms with van der Waals surface area (Å²) in [6.07, 6.45) is -3.58. The summed E-state index contributed by atoms with van der Waals surface area (Å²) in [5, 5.41) is 10.9. The smallest absolute Gasteiger partial charge is 0.378 e. The molecule has 3 rings (SSSR count). The molecule has 1 aromatic heterocycles. The van der Waals surface area contributed by atoms with Crippen molar-refractivity contribution in [3.8, 4) is 0 Å². The lowest BCUT2D eigenvalue weighted by Gasteiger charge is -2.36. The monoisotopic (exact) mass is 376 g/mol. The Morgan fingerprint density at radius 1 is 1.00 bits per heavy atom. The number of fused-ring (bicyclic) bond motifs is 1. The largest absolute Gasteiger partial charge is 0.420 e. The predicted molar refractivity (Wildman–Crippen MR) is 98.9 cm³/mol. The Morgan fingerprint density at radius 3 is 2.30 bits per heavy atom. The summed E-state index contributed by atoms with van der Waals surface area (Å²) in [5.74, 6) is 0. The number of hydrogen-bond acceptors (Lipinski definition) is 3. The van der Waals surface area contributed by atoms with Gasteiger partial charge in [0.25, 0.3) is 0 Å². The van der Waals surface area contributed by atoms with Crippen LogP contribution in [0.2, 0.25) is 0 Å². The van der Waals surface area contributed by atoms with Crippen molar-refractivity contribution in [3.05, 3.63) is 77.1 Å². The van der Waals surface area contributed by atoms with Crippen molar-refractivity contribution < 1.29 is 18.3 Å². The molecule has 27 heavy (non-hydrogen) atoms. The zero-order valence-corrected chi connectivity index (χ0v) is 14.6. The minimum Gasteiger partial charge on any atom is -0.378 e. The molecule has 1 atom stereocenters. The number of likely N-dealkylation sites (N-methyl/N-ethyl adjacent to an activating group) is 1. The molecule has 0 saturated heterocycles. The van der Waals surface area contributed by atoms with Gasteiger partial charge in [-0.25, -0.2) is 0 Å². The zero-order valence-electron chi connectivity index (χ0n) is 14.6. The fraction of sp³-hybridized carbons (Fsp3) is 0.250. The van der Waals surface area contributed by atoms with E-state index in [1.165, 1.54) is 28.8 Å². The Morgan fingerprint density at radius 2 is 1.63 bits per heavy atom. The van der Waals surface area contributed by atoms with Gasteiger partial charge in [0.1, 0.15) is 0 Å². The highest BCUT2D eigenvalue weighted by Gasteiger charge is 2.54. The zero-order chi connectivity index (χ0) is 19.7. The summed E-state index contributed by atoms with van der Waals surface area (Å²) >= 11 is 0. The Labute approximate surface area is 154 Å². The lowest BCUT2D eigenvalue weighted by atomic mass is 10.0. The van der Waals surface area contributed by atoms with Gasteiger partial charge in [-0.3, -0.25) is 4.79 Å². The highest BCUT2D eigenvalue weighted by molar-refractivity contribution is 5.78. The summed E-state index contributed by atoms with van der Waals surface area (Å²) < 4.78 is 42.6. The number of para-hydroxylation sites is 2. The fourth-order valence-corrected chi connectivity index (χ4v) is 3.08. The van der Waals surface area contributed by atoms with Gasteiger partial charge in [-0.15, -0.1) is 0 Å². The van der Waals surface area contributed by atoms with Crippen molar-refractivity contribution in [2.75, 3.05) is 18.5 Å². The van der Waals surface area contributed by atoms with E-state index in [1.807, 2.05) is 0 Å². The highest BCUT2D eigenvalue weighted by atomic mass is 19.4. The number of anilines is 1. The standard InChI is InChI=1S/C20H19F3N2O2/c1-24(15-7-3-2-4-8-15)13-19(27,20(21,22)23)14-25-12-11-18(26)16-9-5-6-10-17(16)25/h2-12,27H,13-14H2,1H3. The third-order valence-electron chi connectivity index (χ3n) is 4.54. The Hall–Kier alpha value is -2.80. The van der Waals surface area contributed by atoms with E-state index in [0.29, 0.717) is 16.6 Å². The van der Waals surface area contributed by atoms with E-state index in [9.17, 15) is 23.1 Å². The summed E-state index contributed by atoms with van der Waals surface area (Å²) in [6, 6.07) is 16.2. The van der Waals surface area contributed by atoms with Crippen LogP contribution < -0.4 is 10.3 Å². The Bertz CT molecular complexity index is 986. The average molecular weight is 376 g/mol. The van der Waals surface area contributed by atoms with Crippen LogP contribution in [0.1, 0.15) is 0 Å². The summed E-state index contributed by atoms with van der Waals surface area (Å²) in [6.45, 7) is -1.38. The number of alkyl halides is 3. The van der Waals surface area contributed by atoms with Crippen LogP contribution in [-0.4, -0.2) is 35.0 Å². The first-order valence-electron chi connectivity index (χ1n) is 8.35. The van der Waals surface area contributed by atoms with Crippen LogP contribution in [-0.2, 0) is 6.54 Å². The maximum absolute atomic E-state index is 13.8. The summed E-state index contributed by atoms with van der Waals surface area (Å²) in [7, 11) is 1.50. The number of rotatable bonds is 5. The second kappa shape index (κ2) is 7.08. The summed E-state index contributed by atoms with van der Waals surface area (Å²) in [4.78, 5) is 13.3. The topological polar surface area (TPSA) is 45.5 Å². The molecule has 0 amide bonds. The first kappa shape index (κ1) is 19.0. The minimum atomic E-state index is -4.86. The molecular formula is C20H19F3N2O2. The lowest BCUT2D eigenvalue weighted by molar-refractivity contribution is -0.260. The van der Waals surface area contributed by atoms with Crippen molar-refractivity contribution in [1.82, 2.24) is 4.57 Å². The number of pyridine rings is 1. The van der Waals surface area contributed by atoms with Gasteiger partial charge < -0.3 is 14.6 Å². The molecule has 7 heteroatoms. The molecule has 1 heterocycles. The number of halogens is 3. The molecule has 0 radical (unpaired) electrons. The van der Waals surface area contributed by atoms with Gasteiger partial charge in [-0.2, -0.15) is 13.2 Å². The number of aromatic nitrogens is 1. The van der Waals surface area contributed by atoms with Crippen LogP contribution in [0.3, 0.4) is 0 Å². The normalized spacial score (nSPS) is 14.1. The molecule has 0 fully saturated rings. The SMILES string of the molecule is CN(CC(O)(Cn1ccc(=O)c2ccccc21)C(F)(F)F)c1ccccc1. The molecule has 0 aliphatic carbocycles. The minimum absolute atomic E-state index is 0.279. The van der Waals surface area contributed by atoms with Crippen LogP contribution >= 0.6 is 0 Å². The van der Waals surface area contributed by atoms with Crippen molar-refractivity contribution in [2.24, 2.45) is 0 Å². The fourth-order valence-electron chi connectivity index (χ4n) is 3.08. The van der Waals surface area contributed by atoms with Crippen LogP contribution in [0.5, 0.6) is 0 Å². The van der Waals surface area contributed by atoms with E-state index < -0.39 is 24.9 Å². The molecule has 142 valence electrons. The number of nitrogens with zero attached hydrogens (tertiary/aromatic N) is 2. The van der Waals surface area contributed by atoms with Gasteiger partial charge in [-0.1, -0.05) is 30.3 Å². The van der Waals surface area contributed by atoms with E-state index in [1.54, 1.807) is 54.6 Å². The molecular weight excluding hydrogens is 357 g/mol. The van der Waals surface area contributed by atoms with Crippen molar-refractivity contribution in [2.45, 2.75) is 18.3 Å². The third-order valence-corrected chi connectivity index (χ3v) is 4.54. The van der Waals surface area contributed by atoms with Gasteiger partial charge in [0, 0.05) is 30.4 Å². The molecule has 2 aromatic carbocycles. The van der Waals surface area contributed by atoms with E-state index in [0.717, 1.165) is 0 Å². The Kier molecular flexibility index (Phi) is 4.97. The second-order valence-electron chi connectivity index (χ2n) is 6.55. The van der Waals surface area contributed by atoms with Crippen molar-refractivity contribution in [3.63, 3.8) is 0 Å². The first-order chi connectivity index (χ1) is 12.7. The molecule has 0 bridgehead atoms. The molecule has 0 spiro atoms. The molecule has 0 aliphatic rings. The first-order valence-corrected chi connectivity index (χ1v) is 8.35. The van der Waals surface area contributed by atoms with Crippen molar-refractivity contribution in [1.29, 1.82) is 0 Å². The molecule has 0 aliphatic heterocycles. The predicted octanol–water partition coefficient (Wildman–Crippen LogP) is 3.43. The number of aliphatic hydroxyl groups is 1. The lowest BCUT2D eigenvalue weighted by Crippen LogP contribution is -2.55. The molecule has 3 aromatic rings. The van der Waals surface area contributed by atoms with Gasteiger partial charge in [0.2, 0.25) is 0 Å². The maximum Gasteiger partial charge on any atom is 0.420 e. The Balaban J connectivity index is 1.99. The number of hydrogen-bond donors (Lipinski definition) is 1. The van der Waals surface area contributed by atoms with E-state index in [-0.39, 0.29) is 5.43 Å². The van der Waals surface area contributed by atoms with E-state index in [4.69, 9.17) is 0 Å². The highest BCUT2D eigenvalue weighted by Crippen LogP contribution is 2.34. The van der Waals surface area contributed by atoms with Crippen LogP contribution in [0.4, 0.5) is 18.9 Å². The van der Waals surface area contributed by atoms with Crippen LogP contribution in [0, 0.1) is 0 Å². The average Bonchev–Trinajstić information content (AvgIpc) is 2.64.